The van der Waals surface area contributed by atoms with Gasteiger partial charge in [-0.3, -0.25) is 0 Å². The highest BCUT2D eigenvalue weighted by Gasteiger charge is 2.02. The van der Waals surface area contributed by atoms with E-state index in [1.165, 1.54) is 0 Å². The first-order valence-corrected chi connectivity index (χ1v) is 5.08. The van der Waals surface area contributed by atoms with E-state index in [0.29, 0.717) is 5.03 Å². The Morgan fingerprint density at radius 2 is 1.73 bits per heavy atom. The molecule has 0 aromatic heterocycles. The van der Waals surface area contributed by atoms with Crippen molar-refractivity contribution >= 4 is 11.6 Å². The maximum absolute atomic E-state index is 5.72. The molecule has 0 saturated heterocycles. The molecule has 82 valence electrons. The van der Waals surface area contributed by atoms with Crippen LogP contribution in [0, 0.1) is 0 Å². The van der Waals surface area contributed by atoms with Gasteiger partial charge in [0.05, 0.1) is 14.2 Å². The van der Waals surface area contributed by atoms with Gasteiger partial charge in [0, 0.05) is 11.1 Å². The van der Waals surface area contributed by atoms with Crippen molar-refractivity contribution in [1.29, 1.82) is 0 Å². The first-order valence-electron chi connectivity index (χ1n) is 4.71. The predicted octanol–water partition coefficient (Wildman–Crippen LogP) is 3.39. The van der Waals surface area contributed by atoms with Crippen LogP contribution in [0.1, 0.15) is 12.0 Å². The largest absolute Gasteiger partial charge is 0.497 e. The molecule has 0 fully saturated rings. The molecule has 1 aromatic rings. The van der Waals surface area contributed by atoms with Crippen LogP contribution in [0.4, 0.5) is 0 Å². The summed E-state index contributed by atoms with van der Waals surface area (Å²) < 4.78 is 10.3. The monoisotopic (exact) mass is 226 g/mol. The molecule has 0 aliphatic carbocycles. The Kier molecular flexibility index (Phi) is 4.50. The maximum Gasteiger partial charge on any atom is 0.122 e. The van der Waals surface area contributed by atoms with Crippen LogP contribution in [0.5, 0.6) is 11.5 Å². The Morgan fingerprint density at radius 3 is 2.13 bits per heavy atom. The molecule has 1 aromatic carbocycles. The average molecular weight is 227 g/mol. The van der Waals surface area contributed by atoms with Gasteiger partial charge in [0.15, 0.2) is 0 Å². The van der Waals surface area contributed by atoms with Crippen LogP contribution in [-0.4, -0.2) is 14.2 Å². The minimum absolute atomic E-state index is 0.664. The fourth-order valence-electron chi connectivity index (χ4n) is 1.29. The molecule has 15 heavy (non-hydrogen) atoms. The summed E-state index contributed by atoms with van der Waals surface area (Å²) in [5.41, 5.74) is 1.13. The second-order valence-corrected chi connectivity index (χ2v) is 3.77. The Bertz CT molecular complexity index is 325. The summed E-state index contributed by atoms with van der Waals surface area (Å²) >= 11 is 5.72. The van der Waals surface area contributed by atoms with Gasteiger partial charge in [-0.2, -0.15) is 0 Å². The van der Waals surface area contributed by atoms with Gasteiger partial charge in [-0.1, -0.05) is 18.2 Å². The number of hydrogen-bond acceptors (Lipinski definition) is 2. The highest BCUT2D eigenvalue weighted by atomic mass is 35.5. The van der Waals surface area contributed by atoms with Gasteiger partial charge in [0.25, 0.3) is 0 Å². The third-order valence-corrected chi connectivity index (χ3v) is 2.29. The van der Waals surface area contributed by atoms with Crippen molar-refractivity contribution in [1.82, 2.24) is 0 Å². The molecule has 0 bridgehead atoms. The van der Waals surface area contributed by atoms with E-state index in [0.717, 1.165) is 29.9 Å². The summed E-state index contributed by atoms with van der Waals surface area (Å²) in [6, 6.07) is 5.80. The van der Waals surface area contributed by atoms with Gasteiger partial charge in [-0.05, 0) is 30.5 Å². The summed E-state index contributed by atoms with van der Waals surface area (Å²) in [6.07, 6.45) is 1.60. The summed E-state index contributed by atoms with van der Waals surface area (Å²) in [6.45, 7) is 3.66. The van der Waals surface area contributed by atoms with Gasteiger partial charge in [-0.25, -0.2) is 0 Å². The minimum atomic E-state index is 0.664. The lowest BCUT2D eigenvalue weighted by Gasteiger charge is -2.07. The van der Waals surface area contributed by atoms with Gasteiger partial charge in [0.1, 0.15) is 11.5 Å². The molecule has 2 nitrogen and oxygen atoms in total. The van der Waals surface area contributed by atoms with Crippen LogP contribution in [0.15, 0.2) is 29.8 Å². The third-order valence-electron chi connectivity index (χ3n) is 2.10. The highest BCUT2D eigenvalue weighted by Crippen LogP contribution is 2.24. The van der Waals surface area contributed by atoms with E-state index in [1.54, 1.807) is 14.2 Å². The molecule has 0 heterocycles. The van der Waals surface area contributed by atoms with Gasteiger partial charge in [0.2, 0.25) is 0 Å². The van der Waals surface area contributed by atoms with E-state index in [1.807, 2.05) is 18.2 Å². The Morgan fingerprint density at radius 1 is 1.20 bits per heavy atom. The Hall–Kier alpha value is -1.15. The maximum atomic E-state index is 5.72. The van der Waals surface area contributed by atoms with Crippen LogP contribution >= 0.6 is 11.6 Å². The molecule has 0 radical (unpaired) electrons. The zero-order valence-electron chi connectivity index (χ0n) is 9.05. The Balaban J connectivity index is 2.81. The number of ether oxygens (including phenoxy) is 2. The SMILES string of the molecule is C=C(Cl)CCc1cc(OC)cc(OC)c1. The smallest absolute Gasteiger partial charge is 0.122 e. The van der Waals surface area contributed by atoms with Crippen molar-refractivity contribution in [2.75, 3.05) is 14.2 Å². The number of benzene rings is 1. The Labute approximate surface area is 95.5 Å². The van der Waals surface area contributed by atoms with E-state index in [-0.39, 0.29) is 0 Å². The van der Waals surface area contributed by atoms with Gasteiger partial charge >= 0.3 is 0 Å². The zero-order chi connectivity index (χ0) is 11.3. The summed E-state index contributed by atoms with van der Waals surface area (Å²) in [5, 5.41) is 0.664. The first-order chi connectivity index (χ1) is 7.15. The molecule has 0 aliphatic rings. The molecule has 0 amide bonds. The molecule has 0 N–H and O–H groups in total. The molecule has 0 spiro atoms. The second-order valence-electron chi connectivity index (χ2n) is 3.24. The van der Waals surface area contributed by atoms with Crippen molar-refractivity contribution in [2.24, 2.45) is 0 Å². The molecule has 3 heteroatoms. The van der Waals surface area contributed by atoms with Crippen molar-refractivity contribution in [3.8, 4) is 11.5 Å². The number of aryl methyl sites for hydroxylation is 1. The zero-order valence-corrected chi connectivity index (χ0v) is 9.80. The van der Waals surface area contributed by atoms with E-state index in [9.17, 15) is 0 Å². The van der Waals surface area contributed by atoms with Crippen LogP contribution in [0.3, 0.4) is 0 Å². The van der Waals surface area contributed by atoms with E-state index >= 15 is 0 Å². The fourth-order valence-corrected chi connectivity index (χ4v) is 1.39. The molecule has 0 unspecified atom stereocenters. The normalized spacial score (nSPS) is 9.80. The quantitative estimate of drug-likeness (QED) is 0.766. The lowest BCUT2D eigenvalue weighted by molar-refractivity contribution is 0.393. The van der Waals surface area contributed by atoms with E-state index < -0.39 is 0 Å². The summed E-state index contributed by atoms with van der Waals surface area (Å²) in [4.78, 5) is 0. The minimum Gasteiger partial charge on any atom is -0.497 e. The summed E-state index contributed by atoms with van der Waals surface area (Å²) in [5.74, 6) is 1.59. The van der Waals surface area contributed by atoms with Crippen molar-refractivity contribution in [3.63, 3.8) is 0 Å². The predicted molar refractivity (Wildman–Crippen MR) is 62.9 cm³/mol. The van der Waals surface area contributed by atoms with Crippen LogP contribution in [0.2, 0.25) is 0 Å². The number of methoxy groups -OCH3 is 2. The summed E-state index contributed by atoms with van der Waals surface area (Å²) in [7, 11) is 3.28. The number of hydrogen-bond donors (Lipinski definition) is 0. The van der Waals surface area contributed by atoms with Crippen molar-refractivity contribution in [2.45, 2.75) is 12.8 Å². The fraction of sp³-hybridized carbons (Fsp3) is 0.333. The van der Waals surface area contributed by atoms with Crippen LogP contribution < -0.4 is 9.47 Å². The number of rotatable bonds is 5. The van der Waals surface area contributed by atoms with Crippen molar-refractivity contribution < 1.29 is 9.47 Å². The van der Waals surface area contributed by atoms with Crippen LogP contribution in [0.25, 0.3) is 0 Å². The molecule has 0 aliphatic heterocycles. The molecule has 1 rings (SSSR count). The molecular formula is C12H15ClO2. The lowest BCUT2D eigenvalue weighted by atomic mass is 10.1. The molecule has 0 atom stereocenters. The first kappa shape index (κ1) is 11.9. The van der Waals surface area contributed by atoms with E-state index in [4.69, 9.17) is 21.1 Å². The third kappa shape index (κ3) is 3.84. The average Bonchev–Trinajstić information content (AvgIpc) is 2.25. The van der Waals surface area contributed by atoms with Gasteiger partial charge < -0.3 is 9.47 Å². The molecular weight excluding hydrogens is 212 g/mol. The topological polar surface area (TPSA) is 18.5 Å². The molecule has 0 saturated carbocycles. The van der Waals surface area contributed by atoms with Crippen LogP contribution in [-0.2, 0) is 6.42 Å². The standard InChI is InChI=1S/C12H15ClO2/c1-9(13)4-5-10-6-11(14-2)8-12(7-10)15-3/h6-8H,1,4-5H2,2-3H3. The number of halogens is 1. The highest BCUT2D eigenvalue weighted by molar-refractivity contribution is 6.29. The van der Waals surface area contributed by atoms with E-state index in [2.05, 4.69) is 6.58 Å². The van der Waals surface area contributed by atoms with Crippen molar-refractivity contribution in [3.05, 3.63) is 35.4 Å². The lowest BCUT2D eigenvalue weighted by Crippen LogP contribution is -1.91. The second kappa shape index (κ2) is 5.66. The van der Waals surface area contributed by atoms with Gasteiger partial charge in [-0.15, -0.1) is 0 Å². The number of allylic oxidation sites excluding steroid dienone is 1.